The van der Waals surface area contributed by atoms with Crippen molar-refractivity contribution in [3.63, 3.8) is 0 Å². The molecule has 0 atom stereocenters. The van der Waals surface area contributed by atoms with Crippen molar-refractivity contribution in [2.45, 2.75) is 19.8 Å². The van der Waals surface area contributed by atoms with Crippen LogP contribution in [0.5, 0.6) is 0 Å². The van der Waals surface area contributed by atoms with Gasteiger partial charge in [-0.25, -0.2) is 4.98 Å². The molecule has 0 aliphatic rings. The second kappa shape index (κ2) is 7.56. The van der Waals surface area contributed by atoms with E-state index in [1.807, 2.05) is 12.1 Å². The van der Waals surface area contributed by atoms with Crippen LogP contribution in [0.25, 0.3) is 0 Å². The van der Waals surface area contributed by atoms with E-state index in [0.29, 0.717) is 23.1 Å². The van der Waals surface area contributed by atoms with Crippen LogP contribution in [0.2, 0.25) is 0 Å². The van der Waals surface area contributed by atoms with Gasteiger partial charge in [0.1, 0.15) is 0 Å². The van der Waals surface area contributed by atoms with Crippen molar-refractivity contribution in [1.82, 2.24) is 4.98 Å². The fraction of sp³-hybridized carbons (Fsp3) is 0.267. The van der Waals surface area contributed by atoms with E-state index in [9.17, 15) is 9.59 Å². The summed E-state index contributed by atoms with van der Waals surface area (Å²) in [6.07, 6.45) is 0.352. The summed E-state index contributed by atoms with van der Waals surface area (Å²) in [6, 6.07) is 7.12. The van der Waals surface area contributed by atoms with Gasteiger partial charge in [0.05, 0.1) is 25.1 Å². The summed E-state index contributed by atoms with van der Waals surface area (Å²) in [5.41, 5.74) is 7.72. The first-order valence-corrected chi connectivity index (χ1v) is 7.69. The smallest absolute Gasteiger partial charge is 0.311 e. The Bertz CT molecular complexity index is 652. The topological polar surface area (TPSA) is 94.3 Å². The average molecular weight is 319 g/mol. The molecule has 1 aromatic carbocycles. The van der Waals surface area contributed by atoms with Gasteiger partial charge in [0.15, 0.2) is 5.13 Å². The van der Waals surface area contributed by atoms with Gasteiger partial charge in [-0.05, 0) is 24.6 Å². The fourth-order valence-corrected chi connectivity index (χ4v) is 2.52. The number of thiazole rings is 1. The maximum atomic E-state index is 11.9. The molecule has 0 aliphatic carbocycles. The number of nitrogens with zero attached hydrogens (tertiary/aromatic N) is 1. The van der Waals surface area contributed by atoms with Gasteiger partial charge in [0.2, 0.25) is 5.91 Å². The summed E-state index contributed by atoms with van der Waals surface area (Å²) < 4.78 is 4.85. The van der Waals surface area contributed by atoms with Crippen LogP contribution in [0, 0.1) is 0 Å². The van der Waals surface area contributed by atoms with E-state index in [0.717, 1.165) is 5.56 Å². The molecule has 22 heavy (non-hydrogen) atoms. The summed E-state index contributed by atoms with van der Waals surface area (Å²) in [7, 11) is 0. The number of aromatic nitrogens is 1. The number of benzene rings is 1. The third-order valence-corrected chi connectivity index (χ3v) is 3.58. The van der Waals surface area contributed by atoms with Gasteiger partial charge in [0.25, 0.3) is 0 Å². The molecule has 1 amide bonds. The Morgan fingerprint density at radius 3 is 2.68 bits per heavy atom. The van der Waals surface area contributed by atoms with Crippen molar-refractivity contribution in [2.75, 3.05) is 17.7 Å². The Morgan fingerprint density at radius 2 is 2.00 bits per heavy atom. The Morgan fingerprint density at radius 1 is 1.27 bits per heavy atom. The highest BCUT2D eigenvalue weighted by molar-refractivity contribution is 7.13. The average Bonchev–Trinajstić information content (AvgIpc) is 2.88. The maximum Gasteiger partial charge on any atom is 0.311 e. The lowest BCUT2D eigenvalue weighted by atomic mass is 10.1. The molecule has 0 fully saturated rings. The van der Waals surface area contributed by atoms with Crippen LogP contribution < -0.4 is 11.1 Å². The predicted molar refractivity (Wildman–Crippen MR) is 85.6 cm³/mol. The zero-order valence-corrected chi connectivity index (χ0v) is 13.0. The van der Waals surface area contributed by atoms with Gasteiger partial charge in [0, 0.05) is 11.1 Å². The van der Waals surface area contributed by atoms with Crippen LogP contribution >= 0.6 is 11.3 Å². The van der Waals surface area contributed by atoms with E-state index in [-0.39, 0.29) is 24.7 Å². The van der Waals surface area contributed by atoms with Crippen molar-refractivity contribution in [3.05, 3.63) is 40.9 Å². The highest BCUT2D eigenvalue weighted by atomic mass is 32.1. The van der Waals surface area contributed by atoms with E-state index in [1.165, 1.54) is 11.3 Å². The highest BCUT2D eigenvalue weighted by Crippen LogP contribution is 2.16. The molecule has 0 spiro atoms. The Kier molecular flexibility index (Phi) is 5.48. The molecule has 0 radical (unpaired) electrons. The molecule has 0 saturated heterocycles. The molecule has 3 N–H and O–H groups in total. The number of hydrogen-bond donors (Lipinski definition) is 2. The van der Waals surface area contributed by atoms with Crippen LogP contribution in [0.1, 0.15) is 18.2 Å². The quantitative estimate of drug-likeness (QED) is 0.627. The minimum atomic E-state index is -0.326. The lowest BCUT2D eigenvalue weighted by molar-refractivity contribution is -0.142. The van der Waals surface area contributed by atoms with Crippen molar-refractivity contribution in [3.8, 4) is 0 Å². The van der Waals surface area contributed by atoms with Crippen molar-refractivity contribution in [1.29, 1.82) is 0 Å². The molecule has 0 aliphatic heterocycles. The third-order valence-electron chi connectivity index (χ3n) is 2.77. The Hall–Kier alpha value is -2.41. The molecule has 1 aromatic heterocycles. The SMILES string of the molecule is CCOC(=O)Cc1csc(NC(=O)Cc2ccc(N)cc2)n1. The second-order valence-electron chi connectivity index (χ2n) is 4.59. The number of anilines is 2. The number of amides is 1. The molecule has 116 valence electrons. The number of rotatable bonds is 6. The van der Waals surface area contributed by atoms with Gasteiger partial charge < -0.3 is 15.8 Å². The molecule has 7 heteroatoms. The third kappa shape index (κ3) is 4.85. The van der Waals surface area contributed by atoms with Crippen molar-refractivity contribution >= 4 is 34.0 Å². The fourth-order valence-electron chi connectivity index (χ4n) is 1.79. The first-order valence-electron chi connectivity index (χ1n) is 6.81. The molecule has 0 saturated carbocycles. The zero-order chi connectivity index (χ0) is 15.9. The number of ether oxygens (including phenoxy) is 1. The molecule has 2 aromatic rings. The minimum Gasteiger partial charge on any atom is -0.466 e. The van der Waals surface area contributed by atoms with Crippen LogP contribution in [0.4, 0.5) is 10.8 Å². The molecule has 0 bridgehead atoms. The monoisotopic (exact) mass is 319 g/mol. The molecule has 0 unspecified atom stereocenters. The highest BCUT2D eigenvalue weighted by Gasteiger charge is 2.10. The Balaban J connectivity index is 1.88. The summed E-state index contributed by atoms with van der Waals surface area (Å²) in [5.74, 6) is -0.491. The number of nitrogens with two attached hydrogens (primary N) is 1. The number of nitrogens with one attached hydrogen (secondary N) is 1. The van der Waals surface area contributed by atoms with Gasteiger partial charge in [-0.2, -0.15) is 0 Å². The number of nitrogen functional groups attached to an aromatic ring is 1. The van der Waals surface area contributed by atoms with E-state index in [4.69, 9.17) is 10.5 Å². The van der Waals surface area contributed by atoms with E-state index in [2.05, 4.69) is 10.3 Å². The van der Waals surface area contributed by atoms with Crippen LogP contribution in [0.3, 0.4) is 0 Å². The number of carbonyl (C=O) groups is 2. The molecule has 2 rings (SSSR count). The van der Waals surface area contributed by atoms with Gasteiger partial charge in [-0.1, -0.05) is 12.1 Å². The van der Waals surface area contributed by atoms with Crippen LogP contribution in [-0.2, 0) is 27.2 Å². The summed E-state index contributed by atoms with van der Waals surface area (Å²) in [5, 5.41) is 4.92. The van der Waals surface area contributed by atoms with Crippen molar-refractivity contribution < 1.29 is 14.3 Å². The number of carbonyl (C=O) groups excluding carboxylic acids is 2. The number of hydrogen-bond acceptors (Lipinski definition) is 6. The lowest BCUT2D eigenvalue weighted by Gasteiger charge is -2.02. The van der Waals surface area contributed by atoms with E-state index in [1.54, 1.807) is 24.4 Å². The standard InChI is InChI=1S/C15H17N3O3S/c1-2-21-14(20)8-12-9-22-15(17-12)18-13(19)7-10-3-5-11(16)6-4-10/h3-6,9H,2,7-8,16H2,1H3,(H,17,18,19). The van der Waals surface area contributed by atoms with Crippen molar-refractivity contribution in [2.24, 2.45) is 0 Å². The van der Waals surface area contributed by atoms with Crippen LogP contribution in [0.15, 0.2) is 29.6 Å². The Labute approximate surface area is 132 Å². The van der Waals surface area contributed by atoms with Crippen LogP contribution in [-0.4, -0.2) is 23.5 Å². The van der Waals surface area contributed by atoms with E-state index < -0.39 is 0 Å². The first kappa shape index (κ1) is 16.0. The minimum absolute atomic E-state index is 0.109. The normalized spacial score (nSPS) is 10.2. The molecular formula is C15H17N3O3S. The number of esters is 1. The maximum absolute atomic E-state index is 11.9. The summed E-state index contributed by atoms with van der Waals surface area (Å²) in [4.78, 5) is 27.5. The van der Waals surface area contributed by atoms with E-state index >= 15 is 0 Å². The van der Waals surface area contributed by atoms with Gasteiger partial charge in [-0.15, -0.1) is 11.3 Å². The summed E-state index contributed by atoms with van der Waals surface area (Å²) in [6.45, 7) is 2.09. The largest absolute Gasteiger partial charge is 0.466 e. The van der Waals surface area contributed by atoms with Gasteiger partial charge in [-0.3, -0.25) is 9.59 Å². The first-order chi connectivity index (χ1) is 10.6. The zero-order valence-electron chi connectivity index (χ0n) is 12.2. The second-order valence-corrected chi connectivity index (χ2v) is 5.45. The molecule has 6 nitrogen and oxygen atoms in total. The lowest BCUT2D eigenvalue weighted by Crippen LogP contribution is -2.14. The predicted octanol–water partition coefficient (Wildman–Crippen LogP) is 2.01. The van der Waals surface area contributed by atoms with Gasteiger partial charge >= 0.3 is 5.97 Å². The molecular weight excluding hydrogens is 302 g/mol. The summed E-state index contributed by atoms with van der Waals surface area (Å²) >= 11 is 1.28. The molecule has 1 heterocycles.